The fourth-order valence-corrected chi connectivity index (χ4v) is 6.44. The van der Waals surface area contributed by atoms with Crippen molar-refractivity contribution in [2.75, 3.05) is 37.8 Å². The first-order valence-electron chi connectivity index (χ1n) is 12.1. The van der Waals surface area contributed by atoms with Gasteiger partial charge in [-0.1, -0.05) is 30.3 Å². The summed E-state index contributed by atoms with van der Waals surface area (Å²) in [7, 11) is -1.34. The van der Waals surface area contributed by atoms with Crippen molar-refractivity contribution in [1.29, 1.82) is 0 Å². The third-order valence-corrected chi connectivity index (χ3v) is 8.97. The van der Waals surface area contributed by atoms with Crippen LogP contribution in [0.5, 0.6) is 0 Å². The predicted molar refractivity (Wildman–Crippen MR) is 136 cm³/mol. The van der Waals surface area contributed by atoms with Crippen LogP contribution in [-0.4, -0.2) is 74.4 Å². The summed E-state index contributed by atoms with van der Waals surface area (Å²) in [4.78, 5) is 29.6. The molecule has 0 radical (unpaired) electrons. The number of anilines is 1. The summed E-state index contributed by atoms with van der Waals surface area (Å²) in [6, 6.07) is 13.3. The van der Waals surface area contributed by atoms with Gasteiger partial charge in [-0.15, -0.1) is 0 Å². The third-order valence-electron chi connectivity index (χ3n) is 7.24. The predicted octanol–water partition coefficient (Wildman–Crippen LogP) is 3.43. The summed E-state index contributed by atoms with van der Waals surface area (Å²) >= 11 is 0. The molecule has 2 atom stereocenters. The van der Waals surface area contributed by atoms with Gasteiger partial charge in [0.1, 0.15) is 5.75 Å². The third kappa shape index (κ3) is 5.39. The molecular formula is C26H33N3O5S. The van der Waals surface area contributed by atoms with Gasteiger partial charge in [0.25, 0.3) is 0 Å². The fourth-order valence-electron chi connectivity index (χ4n) is 5.10. The van der Waals surface area contributed by atoms with Crippen LogP contribution in [0.4, 0.5) is 5.69 Å². The number of benzene rings is 2. The lowest BCUT2D eigenvalue weighted by atomic mass is 9.99. The molecule has 8 nitrogen and oxygen atoms in total. The number of nitrogens with zero attached hydrogens (tertiary/aromatic N) is 2. The molecule has 1 unspecified atom stereocenters. The Balaban J connectivity index is 1.36. The van der Waals surface area contributed by atoms with Crippen LogP contribution in [0.3, 0.4) is 0 Å². The Kier molecular flexibility index (Phi) is 6.63. The minimum absolute atomic E-state index is 0.0692. The van der Waals surface area contributed by atoms with Crippen molar-refractivity contribution in [3.05, 3.63) is 59.2 Å². The van der Waals surface area contributed by atoms with E-state index in [1.807, 2.05) is 7.05 Å². The van der Waals surface area contributed by atoms with Crippen LogP contribution in [0.15, 0.2) is 47.4 Å². The molecule has 2 aromatic rings. The number of likely N-dealkylation sites (N-methyl/N-ethyl adjacent to an activating group) is 1. The number of nitrogens with one attached hydrogen (secondary N) is 1. The highest BCUT2D eigenvalue weighted by Gasteiger charge is 2.32. The molecule has 5 rings (SSSR count). The minimum Gasteiger partial charge on any atom is -0.392 e. The summed E-state index contributed by atoms with van der Waals surface area (Å²) < 4.78 is 20.5. The molecule has 1 saturated carbocycles. The summed E-state index contributed by atoms with van der Waals surface area (Å²) in [6.07, 6.45) is 2.96. The number of hydrogen-bond donors (Lipinski definition) is 4. The Morgan fingerprint density at radius 1 is 1.20 bits per heavy atom. The first-order valence-corrected chi connectivity index (χ1v) is 13.9. The first-order chi connectivity index (χ1) is 16.7. The van der Waals surface area contributed by atoms with Crippen molar-refractivity contribution in [1.82, 2.24) is 9.80 Å². The van der Waals surface area contributed by atoms with E-state index in [9.17, 15) is 23.8 Å². The number of aliphatic hydroxyl groups excluding tert-OH is 1. The van der Waals surface area contributed by atoms with Crippen LogP contribution in [-0.2, 0) is 16.0 Å². The molecular weight excluding hydrogens is 466 g/mol. The standard InChI is InChI=1S/C26H33N3O5S/c1-28(26(32)12-17-5-8-24-22(11-17)27-25(31)16-35(24,33)34)23(15-29-10-9-21(30)14-29)20-4-2-3-19(13-20)18-6-7-18/h2-5,8,11,13,18,21,23,30,33-34H,6-7,9-10,12,14-16H2,1H3,(H,27,31)/t21?,23-/m1/s1. The summed E-state index contributed by atoms with van der Waals surface area (Å²) in [5, 5.41) is 12.7. The van der Waals surface area contributed by atoms with Crippen LogP contribution in [0, 0.1) is 0 Å². The lowest BCUT2D eigenvalue weighted by Gasteiger charge is -2.37. The van der Waals surface area contributed by atoms with Gasteiger partial charge in [-0.05, 0) is 54.0 Å². The second-order valence-corrected chi connectivity index (χ2v) is 12.1. The van der Waals surface area contributed by atoms with E-state index < -0.39 is 16.5 Å². The van der Waals surface area contributed by atoms with Crippen molar-refractivity contribution in [2.24, 2.45) is 0 Å². The zero-order valence-corrected chi connectivity index (χ0v) is 20.7. The monoisotopic (exact) mass is 499 g/mol. The van der Waals surface area contributed by atoms with Crippen molar-refractivity contribution >= 4 is 28.1 Å². The molecule has 2 amide bonds. The molecule has 0 spiro atoms. The van der Waals surface area contributed by atoms with E-state index in [1.165, 1.54) is 18.4 Å². The van der Waals surface area contributed by atoms with Crippen LogP contribution in [0.25, 0.3) is 0 Å². The Bertz CT molecular complexity index is 1140. The van der Waals surface area contributed by atoms with Gasteiger partial charge >= 0.3 is 0 Å². The molecule has 2 aliphatic heterocycles. The number of β-amino-alcohol motifs (C(OH)–C–C–N with tert-alkyl or cyclic N) is 1. The Morgan fingerprint density at radius 3 is 2.71 bits per heavy atom. The van der Waals surface area contributed by atoms with E-state index in [1.54, 1.807) is 23.1 Å². The zero-order valence-electron chi connectivity index (χ0n) is 19.9. The maximum Gasteiger partial charge on any atom is 0.244 e. The summed E-state index contributed by atoms with van der Waals surface area (Å²) in [6.45, 7) is 2.06. The molecule has 2 heterocycles. The number of amides is 2. The molecule has 9 heteroatoms. The second kappa shape index (κ2) is 9.55. The average molecular weight is 500 g/mol. The van der Waals surface area contributed by atoms with Crippen molar-refractivity contribution in [2.45, 2.75) is 48.6 Å². The van der Waals surface area contributed by atoms with E-state index in [4.69, 9.17) is 0 Å². The van der Waals surface area contributed by atoms with Crippen molar-refractivity contribution < 1.29 is 23.8 Å². The number of carbonyl (C=O) groups is 2. The number of carbonyl (C=O) groups excluding carboxylic acids is 2. The summed E-state index contributed by atoms with van der Waals surface area (Å²) in [5.74, 6) is -0.238. The van der Waals surface area contributed by atoms with Crippen molar-refractivity contribution in [3.63, 3.8) is 0 Å². The van der Waals surface area contributed by atoms with Gasteiger partial charge in [0.2, 0.25) is 11.8 Å². The second-order valence-electron chi connectivity index (χ2n) is 10.0. The number of likely N-dealkylation sites (tertiary alicyclic amines) is 1. The molecule has 4 N–H and O–H groups in total. The van der Waals surface area contributed by atoms with Gasteiger partial charge in [0, 0.05) is 26.7 Å². The molecule has 0 bridgehead atoms. The molecule has 3 aliphatic rings. The zero-order chi connectivity index (χ0) is 24.7. The Morgan fingerprint density at radius 2 is 2.00 bits per heavy atom. The molecule has 35 heavy (non-hydrogen) atoms. The van der Waals surface area contributed by atoms with Crippen LogP contribution < -0.4 is 5.32 Å². The number of fused-ring (bicyclic) bond motifs is 1. The number of aliphatic hydroxyl groups is 1. The largest absolute Gasteiger partial charge is 0.392 e. The summed E-state index contributed by atoms with van der Waals surface area (Å²) in [5.41, 5.74) is 3.46. The molecule has 1 saturated heterocycles. The molecule has 2 fully saturated rings. The smallest absolute Gasteiger partial charge is 0.244 e. The van der Waals surface area contributed by atoms with E-state index in [0.717, 1.165) is 18.5 Å². The van der Waals surface area contributed by atoms with Gasteiger partial charge < -0.3 is 15.3 Å². The normalized spacial score (nSPS) is 23.3. The molecule has 188 valence electrons. The van der Waals surface area contributed by atoms with Gasteiger partial charge in [0.15, 0.2) is 0 Å². The fraction of sp³-hybridized carbons (Fsp3) is 0.462. The highest BCUT2D eigenvalue weighted by atomic mass is 32.3. The maximum atomic E-state index is 13.4. The van der Waals surface area contributed by atoms with Crippen molar-refractivity contribution in [3.8, 4) is 0 Å². The van der Waals surface area contributed by atoms with Crippen LogP contribution in [0.2, 0.25) is 0 Å². The van der Waals surface area contributed by atoms with Gasteiger partial charge in [-0.25, -0.2) is 0 Å². The molecule has 0 aromatic heterocycles. The van der Waals surface area contributed by atoms with E-state index in [2.05, 4.69) is 34.5 Å². The van der Waals surface area contributed by atoms with Crippen LogP contribution >= 0.6 is 10.6 Å². The number of rotatable bonds is 7. The first kappa shape index (κ1) is 24.3. The minimum atomic E-state index is -3.16. The highest BCUT2D eigenvalue weighted by Crippen LogP contribution is 2.53. The lowest BCUT2D eigenvalue weighted by molar-refractivity contribution is -0.131. The van der Waals surface area contributed by atoms with E-state index >= 15 is 0 Å². The molecule has 2 aromatic carbocycles. The van der Waals surface area contributed by atoms with E-state index in [-0.39, 0.29) is 30.2 Å². The average Bonchev–Trinajstić information content (AvgIpc) is 3.58. The lowest BCUT2D eigenvalue weighted by Crippen LogP contribution is -2.39. The topological polar surface area (TPSA) is 113 Å². The van der Waals surface area contributed by atoms with Gasteiger partial charge in [-0.3, -0.25) is 23.6 Å². The Labute approximate surface area is 207 Å². The maximum absolute atomic E-state index is 13.4. The van der Waals surface area contributed by atoms with Crippen LogP contribution in [0.1, 0.15) is 47.9 Å². The van der Waals surface area contributed by atoms with Gasteiger partial charge in [-0.2, -0.15) is 10.6 Å². The van der Waals surface area contributed by atoms with Gasteiger partial charge in [0.05, 0.1) is 29.1 Å². The SMILES string of the molecule is CN(C(=O)Cc1ccc2c(c1)NC(=O)CS2(O)O)[C@H](CN1CCC(O)C1)c1cccc(C2CC2)c1. The quantitative estimate of drug-likeness (QED) is 0.464. The van der Waals surface area contributed by atoms with E-state index in [0.29, 0.717) is 35.2 Å². The Hall–Kier alpha value is -2.43. The highest BCUT2D eigenvalue weighted by molar-refractivity contribution is 8.25. The number of hydrogen-bond acceptors (Lipinski definition) is 6. The molecule has 1 aliphatic carbocycles.